The maximum Gasteiger partial charge on any atom is 0.0111 e. The predicted octanol–water partition coefficient (Wildman–Crippen LogP) is 0.162. The predicted molar refractivity (Wildman–Crippen MR) is 54.7 cm³/mol. The minimum absolute atomic E-state index is 0.739. The third-order valence-electron chi connectivity index (χ3n) is 3.40. The Balaban J connectivity index is 1.76. The van der Waals surface area contributed by atoms with Crippen molar-refractivity contribution in [3.63, 3.8) is 0 Å². The molecule has 0 aromatic carbocycles. The van der Waals surface area contributed by atoms with Gasteiger partial charge in [-0.2, -0.15) is 0 Å². The van der Waals surface area contributed by atoms with Crippen LogP contribution < -0.4 is 11.1 Å². The van der Waals surface area contributed by atoms with Crippen LogP contribution in [0.5, 0.6) is 0 Å². The first-order valence-electron chi connectivity index (χ1n) is 5.57. The van der Waals surface area contributed by atoms with E-state index in [4.69, 9.17) is 5.73 Å². The summed E-state index contributed by atoms with van der Waals surface area (Å²) >= 11 is 0. The monoisotopic (exact) mass is 183 g/mol. The number of nitrogens with zero attached hydrogens (tertiary/aromatic N) is 1. The summed E-state index contributed by atoms with van der Waals surface area (Å²) < 4.78 is 0. The van der Waals surface area contributed by atoms with Gasteiger partial charge in [-0.15, -0.1) is 0 Å². The van der Waals surface area contributed by atoms with E-state index in [9.17, 15) is 0 Å². The fourth-order valence-electron chi connectivity index (χ4n) is 2.70. The van der Waals surface area contributed by atoms with Crippen LogP contribution in [0.1, 0.15) is 25.7 Å². The van der Waals surface area contributed by atoms with Gasteiger partial charge in [0.25, 0.3) is 0 Å². The van der Waals surface area contributed by atoms with E-state index in [1.165, 1.54) is 38.8 Å². The molecule has 2 aliphatic rings. The van der Waals surface area contributed by atoms with E-state index in [1.54, 1.807) is 0 Å². The molecule has 0 amide bonds. The molecule has 3 N–H and O–H groups in total. The average molecular weight is 183 g/mol. The molecule has 2 rings (SSSR count). The standard InChI is InChI=1S/C10H21N3/c11-4-5-12-9-3-7-13-6-1-2-10(13)8-9/h9-10,12H,1-8,11H2. The quantitative estimate of drug-likeness (QED) is 0.655. The molecular weight excluding hydrogens is 162 g/mol. The van der Waals surface area contributed by atoms with Crippen LogP contribution in [0.3, 0.4) is 0 Å². The van der Waals surface area contributed by atoms with Gasteiger partial charge in [0.15, 0.2) is 0 Å². The first-order valence-corrected chi connectivity index (χ1v) is 5.57. The van der Waals surface area contributed by atoms with Gasteiger partial charge >= 0.3 is 0 Å². The zero-order valence-corrected chi connectivity index (χ0v) is 8.34. The summed E-state index contributed by atoms with van der Waals surface area (Å²) in [6, 6.07) is 1.62. The summed E-state index contributed by atoms with van der Waals surface area (Å²) in [4.78, 5) is 2.65. The van der Waals surface area contributed by atoms with Crippen molar-refractivity contribution >= 4 is 0 Å². The van der Waals surface area contributed by atoms with Gasteiger partial charge < -0.3 is 16.0 Å². The molecule has 2 heterocycles. The number of piperidine rings is 1. The van der Waals surface area contributed by atoms with Crippen molar-refractivity contribution in [2.45, 2.75) is 37.8 Å². The van der Waals surface area contributed by atoms with Crippen LogP contribution in [0.15, 0.2) is 0 Å². The molecule has 0 saturated carbocycles. The highest BCUT2D eigenvalue weighted by molar-refractivity contribution is 4.89. The van der Waals surface area contributed by atoms with Crippen LogP contribution in [0.2, 0.25) is 0 Å². The minimum Gasteiger partial charge on any atom is -0.329 e. The molecule has 2 saturated heterocycles. The average Bonchev–Trinajstić information content (AvgIpc) is 2.61. The number of nitrogens with one attached hydrogen (secondary N) is 1. The van der Waals surface area contributed by atoms with Gasteiger partial charge in [-0.1, -0.05) is 0 Å². The molecule has 2 aliphatic heterocycles. The number of hydrogen-bond donors (Lipinski definition) is 2. The Morgan fingerprint density at radius 1 is 1.31 bits per heavy atom. The van der Waals surface area contributed by atoms with Crippen LogP contribution >= 0.6 is 0 Å². The van der Waals surface area contributed by atoms with Gasteiger partial charge in [0, 0.05) is 25.2 Å². The Morgan fingerprint density at radius 2 is 2.23 bits per heavy atom. The summed E-state index contributed by atoms with van der Waals surface area (Å²) in [7, 11) is 0. The van der Waals surface area contributed by atoms with Crippen molar-refractivity contribution < 1.29 is 0 Å². The summed E-state index contributed by atoms with van der Waals surface area (Å²) in [6.07, 6.45) is 5.49. The molecule has 13 heavy (non-hydrogen) atoms. The molecule has 2 atom stereocenters. The molecule has 76 valence electrons. The summed E-state index contributed by atoms with van der Waals surface area (Å²) in [5.41, 5.74) is 5.48. The second kappa shape index (κ2) is 4.40. The molecule has 3 heteroatoms. The van der Waals surface area contributed by atoms with Crippen LogP contribution in [0.25, 0.3) is 0 Å². The lowest BCUT2D eigenvalue weighted by atomic mass is 9.98. The molecular formula is C10H21N3. The highest BCUT2D eigenvalue weighted by Gasteiger charge is 2.30. The Hall–Kier alpha value is -0.120. The molecule has 2 fully saturated rings. The first kappa shape index (κ1) is 9.44. The second-order valence-corrected chi connectivity index (χ2v) is 4.30. The van der Waals surface area contributed by atoms with E-state index in [2.05, 4.69) is 10.2 Å². The number of nitrogens with two attached hydrogens (primary N) is 1. The normalized spacial score (nSPS) is 34.8. The van der Waals surface area contributed by atoms with Gasteiger partial charge in [0.1, 0.15) is 0 Å². The van der Waals surface area contributed by atoms with Crippen molar-refractivity contribution in [3.8, 4) is 0 Å². The maximum absolute atomic E-state index is 5.48. The fraction of sp³-hybridized carbons (Fsp3) is 1.00. The zero-order chi connectivity index (χ0) is 9.10. The SMILES string of the molecule is NCCNC1CCN2CCCC2C1. The van der Waals surface area contributed by atoms with Crippen molar-refractivity contribution in [1.82, 2.24) is 10.2 Å². The zero-order valence-electron chi connectivity index (χ0n) is 8.34. The van der Waals surface area contributed by atoms with E-state index >= 15 is 0 Å². The van der Waals surface area contributed by atoms with Crippen LogP contribution in [0.4, 0.5) is 0 Å². The van der Waals surface area contributed by atoms with Crippen molar-refractivity contribution in [3.05, 3.63) is 0 Å². The molecule has 0 aromatic heterocycles. The fourth-order valence-corrected chi connectivity index (χ4v) is 2.70. The van der Waals surface area contributed by atoms with Gasteiger partial charge in [-0.05, 0) is 38.8 Å². The number of hydrogen-bond acceptors (Lipinski definition) is 3. The maximum atomic E-state index is 5.48. The second-order valence-electron chi connectivity index (χ2n) is 4.30. The van der Waals surface area contributed by atoms with E-state index in [1.807, 2.05) is 0 Å². The van der Waals surface area contributed by atoms with Gasteiger partial charge in [0.05, 0.1) is 0 Å². The lowest BCUT2D eigenvalue weighted by Gasteiger charge is -2.35. The van der Waals surface area contributed by atoms with Crippen LogP contribution in [-0.4, -0.2) is 43.2 Å². The number of rotatable bonds is 3. The first-order chi connectivity index (χ1) is 6.40. The molecule has 0 bridgehead atoms. The highest BCUT2D eigenvalue weighted by Crippen LogP contribution is 2.26. The third-order valence-corrected chi connectivity index (χ3v) is 3.40. The van der Waals surface area contributed by atoms with E-state index in [0.717, 1.165) is 25.2 Å². The Kier molecular flexibility index (Phi) is 3.19. The van der Waals surface area contributed by atoms with Crippen molar-refractivity contribution in [2.75, 3.05) is 26.2 Å². The summed E-state index contributed by atoms with van der Waals surface area (Å²) in [5, 5.41) is 3.53. The lowest BCUT2D eigenvalue weighted by Crippen LogP contribution is -2.46. The van der Waals surface area contributed by atoms with Gasteiger partial charge in [0.2, 0.25) is 0 Å². The molecule has 0 aliphatic carbocycles. The van der Waals surface area contributed by atoms with E-state index in [0.29, 0.717) is 0 Å². The van der Waals surface area contributed by atoms with Crippen LogP contribution in [0, 0.1) is 0 Å². The van der Waals surface area contributed by atoms with E-state index < -0.39 is 0 Å². The Labute approximate surface area is 80.7 Å². The smallest absolute Gasteiger partial charge is 0.0111 e. The van der Waals surface area contributed by atoms with Crippen LogP contribution in [-0.2, 0) is 0 Å². The number of fused-ring (bicyclic) bond motifs is 1. The third kappa shape index (κ3) is 2.22. The molecule has 0 aromatic rings. The Bertz CT molecular complexity index is 160. The molecule has 2 unspecified atom stereocenters. The molecule has 0 radical (unpaired) electrons. The summed E-state index contributed by atoms with van der Waals surface area (Å²) in [5.74, 6) is 0. The van der Waals surface area contributed by atoms with Gasteiger partial charge in [-0.3, -0.25) is 0 Å². The molecule has 3 nitrogen and oxygen atoms in total. The van der Waals surface area contributed by atoms with Gasteiger partial charge in [-0.25, -0.2) is 0 Å². The van der Waals surface area contributed by atoms with Crippen molar-refractivity contribution in [1.29, 1.82) is 0 Å². The summed E-state index contributed by atoms with van der Waals surface area (Å²) in [6.45, 7) is 4.39. The molecule has 0 spiro atoms. The largest absolute Gasteiger partial charge is 0.329 e. The minimum atomic E-state index is 0.739. The Morgan fingerprint density at radius 3 is 3.08 bits per heavy atom. The lowest BCUT2D eigenvalue weighted by molar-refractivity contribution is 0.168. The highest BCUT2D eigenvalue weighted by atomic mass is 15.2. The van der Waals surface area contributed by atoms with Crippen molar-refractivity contribution in [2.24, 2.45) is 5.73 Å². The topological polar surface area (TPSA) is 41.3 Å². The van der Waals surface area contributed by atoms with E-state index in [-0.39, 0.29) is 0 Å².